The molecule has 1 N–H and O–H groups in total. The van der Waals surface area contributed by atoms with E-state index < -0.39 is 45.0 Å². The number of benzene rings is 1. The minimum absolute atomic E-state index is 0.524. The van der Waals surface area contributed by atoms with Gasteiger partial charge in [0.2, 0.25) is 0 Å². The molecular weight excluding hydrogens is 216 g/mol. The molecule has 0 aliphatic rings. The van der Waals surface area contributed by atoms with Crippen molar-refractivity contribution in [2.45, 2.75) is 6.92 Å². The Morgan fingerprint density at radius 2 is 2.12 bits per heavy atom. The van der Waals surface area contributed by atoms with Gasteiger partial charge in [-0.05, 0) is 13.0 Å². The van der Waals surface area contributed by atoms with E-state index in [2.05, 4.69) is 10.5 Å². The van der Waals surface area contributed by atoms with E-state index in [1.807, 2.05) is 0 Å². The molecule has 0 saturated heterocycles. The zero-order valence-electron chi connectivity index (χ0n) is 11.1. The topological polar surface area (TPSA) is 111 Å². The summed E-state index contributed by atoms with van der Waals surface area (Å²) in [4.78, 5) is 19.5. The molecule has 0 aliphatic carbocycles. The zero-order chi connectivity index (χ0) is 14.7. The first-order valence-electron chi connectivity index (χ1n) is 5.49. The molecule has 16 heavy (non-hydrogen) atoms. The zero-order valence-corrected chi connectivity index (χ0v) is 8.05. The third-order valence-corrected chi connectivity index (χ3v) is 1.45. The lowest BCUT2D eigenvalue weighted by Crippen LogP contribution is -1.98. The second-order valence-corrected chi connectivity index (χ2v) is 2.46. The Morgan fingerprint density at radius 3 is 2.62 bits per heavy atom. The maximum Gasteiger partial charge on any atom is 0.301 e. The van der Waals surface area contributed by atoms with E-state index in [0.717, 1.165) is 0 Å². The van der Waals surface area contributed by atoms with Gasteiger partial charge in [0.1, 0.15) is 5.69 Å². The highest BCUT2D eigenvalue weighted by molar-refractivity contribution is 5.66. The number of hydrazone groups is 1. The second kappa shape index (κ2) is 4.82. The molecule has 0 aliphatic heterocycles. The number of anilines is 1. The van der Waals surface area contributed by atoms with Gasteiger partial charge < -0.3 is 0 Å². The number of rotatable bonds is 4. The summed E-state index contributed by atoms with van der Waals surface area (Å²) in [5.41, 5.74) is -0.427. The standard InChI is InChI=1S/C8H8N4O4/c1-2-9-10-7-4-3-6(11(13)14)5-8(7)12(15)16/h2-5,10H,1H3/b9-2+/i3D,4D,5D. The normalized spacial score (nSPS) is 12.9. The summed E-state index contributed by atoms with van der Waals surface area (Å²) in [6, 6.07) is -2.68. The predicted molar refractivity (Wildman–Crippen MR) is 57.5 cm³/mol. The molecule has 0 saturated carbocycles. The highest BCUT2D eigenvalue weighted by Crippen LogP contribution is 2.28. The maximum absolute atomic E-state index is 10.9. The molecule has 0 unspecified atom stereocenters. The Kier molecular flexibility index (Phi) is 2.33. The molecule has 0 heterocycles. The van der Waals surface area contributed by atoms with Crippen molar-refractivity contribution in [1.29, 1.82) is 0 Å². The molecule has 1 rings (SSSR count). The first-order valence-corrected chi connectivity index (χ1v) is 3.99. The average molecular weight is 227 g/mol. The van der Waals surface area contributed by atoms with Crippen LogP contribution < -0.4 is 5.43 Å². The van der Waals surface area contributed by atoms with Gasteiger partial charge in [-0.2, -0.15) is 5.10 Å². The van der Waals surface area contributed by atoms with Crippen LogP contribution in [0.15, 0.2) is 23.2 Å². The van der Waals surface area contributed by atoms with Crippen LogP contribution in [0.2, 0.25) is 0 Å². The van der Waals surface area contributed by atoms with E-state index >= 15 is 0 Å². The quantitative estimate of drug-likeness (QED) is 0.479. The van der Waals surface area contributed by atoms with Crippen molar-refractivity contribution in [3.05, 3.63) is 38.4 Å². The van der Waals surface area contributed by atoms with Crippen LogP contribution in [0.1, 0.15) is 11.0 Å². The lowest BCUT2D eigenvalue weighted by molar-refractivity contribution is -0.393. The van der Waals surface area contributed by atoms with Gasteiger partial charge in [-0.15, -0.1) is 0 Å². The van der Waals surface area contributed by atoms with E-state index in [1.54, 1.807) is 0 Å². The van der Waals surface area contributed by atoms with Crippen LogP contribution in [0.3, 0.4) is 0 Å². The Morgan fingerprint density at radius 1 is 1.44 bits per heavy atom. The maximum atomic E-state index is 10.9. The Balaban J connectivity index is 3.74. The van der Waals surface area contributed by atoms with Crippen molar-refractivity contribution >= 4 is 23.3 Å². The van der Waals surface area contributed by atoms with E-state index in [-0.39, 0.29) is 0 Å². The molecule has 1 aromatic carbocycles. The van der Waals surface area contributed by atoms with E-state index in [9.17, 15) is 20.2 Å². The Hall–Kier alpha value is -2.51. The molecule has 1 aromatic rings. The fourth-order valence-corrected chi connectivity index (χ4v) is 0.825. The van der Waals surface area contributed by atoms with Crippen LogP contribution in [0.4, 0.5) is 17.1 Å². The highest BCUT2D eigenvalue weighted by atomic mass is 16.6. The molecule has 8 nitrogen and oxygen atoms in total. The van der Waals surface area contributed by atoms with E-state index in [4.69, 9.17) is 4.11 Å². The number of hydrogen-bond acceptors (Lipinski definition) is 6. The summed E-state index contributed by atoms with van der Waals surface area (Å²) < 4.78 is 22.4. The second-order valence-electron chi connectivity index (χ2n) is 2.46. The van der Waals surface area contributed by atoms with Crippen LogP contribution in [-0.4, -0.2) is 16.1 Å². The number of nitrogens with one attached hydrogen (secondary N) is 1. The highest BCUT2D eigenvalue weighted by Gasteiger charge is 2.18. The van der Waals surface area contributed by atoms with Gasteiger partial charge in [-0.3, -0.25) is 25.7 Å². The van der Waals surface area contributed by atoms with Gasteiger partial charge in [0.15, 0.2) is 0 Å². The fraction of sp³-hybridized carbons (Fsp3) is 0.125. The summed E-state index contributed by atoms with van der Waals surface area (Å²) in [7, 11) is 0. The summed E-state index contributed by atoms with van der Waals surface area (Å²) in [6.45, 7) is 1.50. The van der Waals surface area contributed by atoms with Crippen molar-refractivity contribution < 1.29 is 14.0 Å². The van der Waals surface area contributed by atoms with Gasteiger partial charge >= 0.3 is 5.69 Å². The molecule has 0 radical (unpaired) electrons. The Labute approximate surface area is 94.1 Å². The first-order chi connectivity index (χ1) is 8.82. The molecule has 0 atom stereocenters. The summed E-state index contributed by atoms with van der Waals surface area (Å²) in [5, 5.41) is 25.0. The Bertz CT molecular complexity index is 590. The minimum Gasteiger partial charge on any atom is -0.272 e. The monoisotopic (exact) mass is 227 g/mol. The van der Waals surface area contributed by atoms with Crippen molar-refractivity contribution in [3.63, 3.8) is 0 Å². The third kappa shape index (κ3) is 2.50. The number of nitrogens with zero attached hydrogens (tertiary/aromatic N) is 3. The molecule has 0 aromatic heterocycles. The smallest absolute Gasteiger partial charge is 0.272 e. The molecule has 0 fully saturated rings. The fourth-order valence-electron chi connectivity index (χ4n) is 0.825. The summed E-state index contributed by atoms with van der Waals surface area (Å²) in [5.74, 6) is 0. The van der Waals surface area contributed by atoms with Gasteiger partial charge in [-0.1, -0.05) is 0 Å². The van der Waals surface area contributed by atoms with Gasteiger partial charge in [0.05, 0.1) is 20.0 Å². The third-order valence-electron chi connectivity index (χ3n) is 1.45. The van der Waals surface area contributed by atoms with Crippen molar-refractivity contribution in [3.8, 4) is 0 Å². The molecule has 84 valence electrons. The van der Waals surface area contributed by atoms with Crippen molar-refractivity contribution in [1.82, 2.24) is 0 Å². The summed E-state index contributed by atoms with van der Waals surface area (Å²) in [6.07, 6.45) is 1.23. The van der Waals surface area contributed by atoms with Crippen LogP contribution in [0, 0.1) is 20.2 Å². The average Bonchev–Trinajstić information content (AvgIpc) is 2.30. The molecule has 0 amide bonds. The van der Waals surface area contributed by atoms with Gasteiger partial charge in [0.25, 0.3) is 5.69 Å². The van der Waals surface area contributed by atoms with Crippen molar-refractivity contribution in [2.24, 2.45) is 5.10 Å². The van der Waals surface area contributed by atoms with Crippen LogP contribution in [0.5, 0.6) is 0 Å². The largest absolute Gasteiger partial charge is 0.301 e. The lowest BCUT2D eigenvalue weighted by atomic mass is 10.2. The van der Waals surface area contributed by atoms with Crippen molar-refractivity contribution in [2.75, 3.05) is 5.43 Å². The van der Waals surface area contributed by atoms with E-state index in [0.29, 0.717) is 0 Å². The van der Waals surface area contributed by atoms with Crippen LogP contribution in [0.25, 0.3) is 0 Å². The van der Waals surface area contributed by atoms with Crippen LogP contribution in [-0.2, 0) is 0 Å². The van der Waals surface area contributed by atoms with Gasteiger partial charge in [0, 0.05) is 12.3 Å². The molecule has 0 bridgehead atoms. The lowest BCUT2D eigenvalue weighted by Gasteiger charge is -2.01. The number of nitro groups is 2. The molecule has 0 spiro atoms. The first kappa shape index (κ1) is 7.74. The summed E-state index contributed by atoms with van der Waals surface area (Å²) >= 11 is 0. The molecule has 8 heteroatoms. The van der Waals surface area contributed by atoms with Crippen LogP contribution >= 0.6 is 0 Å². The number of nitro benzene ring substituents is 2. The SMILES string of the molecule is [2H]c1c([2H])c([N+](=O)[O-])c([2H])c([N+](=O)[O-])c1N/N=C/C. The molecular formula is C8H8N4O4. The van der Waals surface area contributed by atoms with Gasteiger partial charge in [-0.25, -0.2) is 0 Å². The number of hydrogen-bond donors (Lipinski definition) is 1. The minimum atomic E-state index is -1.09. The predicted octanol–water partition coefficient (Wildman–Crippen LogP) is 1.92. The van der Waals surface area contributed by atoms with E-state index in [1.165, 1.54) is 13.1 Å².